The summed E-state index contributed by atoms with van der Waals surface area (Å²) in [7, 11) is 1.65. The van der Waals surface area contributed by atoms with Gasteiger partial charge in [0.15, 0.2) is 0 Å². The lowest BCUT2D eigenvalue weighted by Crippen LogP contribution is -2.17. The molecule has 1 heterocycles. The van der Waals surface area contributed by atoms with Crippen LogP contribution in [0.3, 0.4) is 0 Å². The van der Waals surface area contributed by atoms with Crippen molar-refractivity contribution in [2.45, 2.75) is 52.5 Å². The highest BCUT2D eigenvalue weighted by Crippen LogP contribution is 2.35. The second kappa shape index (κ2) is 7.34. The van der Waals surface area contributed by atoms with Crippen molar-refractivity contribution in [1.29, 1.82) is 0 Å². The van der Waals surface area contributed by atoms with Crippen molar-refractivity contribution in [2.75, 3.05) is 7.11 Å². The molecule has 0 aliphatic heterocycles. The Kier molecular flexibility index (Phi) is 5.16. The molecule has 134 valence electrons. The molecule has 0 atom stereocenters. The third-order valence-corrected chi connectivity index (χ3v) is 5.57. The number of nitrogens with zero attached hydrogens (tertiary/aromatic N) is 1. The topological polar surface area (TPSA) is 57.2 Å². The third kappa shape index (κ3) is 3.44. The summed E-state index contributed by atoms with van der Waals surface area (Å²) in [6.45, 7) is 5.10. The Morgan fingerprint density at radius 3 is 2.32 bits per heavy atom. The summed E-state index contributed by atoms with van der Waals surface area (Å²) in [5.74, 6) is 1.15. The second-order valence-corrected chi connectivity index (χ2v) is 7.13. The maximum atomic E-state index is 12.2. The summed E-state index contributed by atoms with van der Waals surface area (Å²) >= 11 is 0. The minimum Gasteiger partial charge on any atom is -0.497 e. The van der Waals surface area contributed by atoms with Crippen molar-refractivity contribution in [1.82, 2.24) is 4.57 Å². The first-order chi connectivity index (χ1) is 12.0. The number of primary amides is 1. The van der Waals surface area contributed by atoms with Crippen LogP contribution in [-0.2, 0) is 6.54 Å². The lowest BCUT2D eigenvalue weighted by Gasteiger charge is -2.23. The van der Waals surface area contributed by atoms with E-state index >= 15 is 0 Å². The summed E-state index contributed by atoms with van der Waals surface area (Å²) in [6.07, 6.45) is 6.54. The van der Waals surface area contributed by atoms with Gasteiger partial charge >= 0.3 is 0 Å². The van der Waals surface area contributed by atoms with Gasteiger partial charge in [0.2, 0.25) is 0 Å². The van der Waals surface area contributed by atoms with Gasteiger partial charge in [-0.05, 0) is 50.3 Å². The Morgan fingerprint density at radius 2 is 1.76 bits per heavy atom. The van der Waals surface area contributed by atoms with Crippen LogP contribution < -0.4 is 10.5 Å². The highest BCUT2D eigenvalue weighted by molar-refractivity contribution is 6.02. The molecule has 1 saturated carbocycles. The molecule has 1 aromatic carbocycles. The number of aromatic nitrogens is 1. The van der Waals surface area contributed by atoms with Crippen LogP contribution in [0, 0.1) is 19.8 Å². The standard InChI is InChI=1S/C21H28N2O2/c1-14-19(17-9-11-18(25-3)12-10-17)20(21(22)24)15(2)23(14)13-16-7-5-4-6-8-16/h9-12,16H,4-8,13H2,1-3H3,(H2,22,24). The van der Waals surface area contributed by atoms with Crippen LogP contribution >= 0.6 is 0 Å². The van der Waals surface area contributed by atoms with Gasteiger partial charge in [-0.1, -0.05) is 31.4 Å². The van der Waals surface area contributed by atoms with Gasteiger partial charge in [-0.15, -0.1) is 0 Å². The number of carbonyl (C=O) groups is 1. The van der Waals surface area contributed by atoms with E-state index in [1.807, 2.05) is 31.2 Å². The monoisotopic (exact) mass is 340 g/mol. The van der Waals surface area contributed by atoms with Crippen LogP contribution in [0.25, 0.3) is 11.1 Å². The van der Waals surface area contributed by atoms with E-state index in [2.05, 4.69) is 11.5 Å². The first kappa shape index (κ1) is 17.6. The van der Waals surface area contributed by atoms with Gasteiger partial charge < -0.3 is 15.0 Å². The fraction of sp³-hybridized carbons (Fsp3) is 0.476. The molecule has 4 nitrogen and oxygen atoms in total. The molecule has 2 N–H and O–H groups in total. The van der Waals surface area contributed by atoms with Gasteiger partial charge in [0, 0.05) is 23.5 Å². The molecule has 2 aromatic rings. The number of amides is 1. The van der Waals surface area contributed by atoms with Crippen molar-refractivity contribution < 1.29 is 9.53 Å². The van der Waals surface area contributed by atoms with Gasteiger partial charge in [0.1, 0.15) is 5.75 Å². The molecular formula is C21H28N2O2. The SMILES string of the molecule is COc1ccc(-c2c(C(N)=O)c(C)n(CC3CCCCC3)c2C)cc1. The van der Waals surface area contributed by atoms with Crippen LogP contribution in [0.2, 0.25) is 0 Å². The summed E-state index contributed by atoms with van der Waals surface area (Å²) in [5, 5.41) is 0. The molecule has 0 radical (unpaired) electrons. The zero-order valence-corrected chi connectivity index (χ0v) is 15.5. The Balaban J connectivity index is 2.04. The van der Waals surface area contributed by atoms with Crippen LogP contribution in [-0.4, -0.2) is 17.6 Å². The van der Waals surface area contributed by atoms with Crippen LogP contribution in [0.1, 0.15) is 53.8 Å². The van der Waals surface area contributed by atoms with Crippen molar-refractivity contribution >= 4 is 5.91 Å². The van der Waals surface area contributed by atoms with E-state index < -0.39 is 0 Å². The highest BCUT2D eigenvalue weighted by Gasteiger charge is 2.24. The molecule has 4 heteroatoms. The molecule has 3 rings (SSSR count). The zero-order valence-electron chi connectivity index (χ0n) is 15.5. The Morgan fingerprint density at radius 1 is 1.12 bits per heavy atom. The lowest BCUT2D eigenvalue weighted by molar-refractivity contribution is 0.1000. The molecule has 1 aromatic heterocycles. The Bertz CT molecular complexity index is 753. The average molecular weight is 340 g/mol. The first-order valence-corrected chi connectivity index (χ1v) is 9.16. The molecule has 1 aliphatic carbocycles. The van der Waals surface area contributed by atoms with E-state index in [4.69, 9.17) is 10.5 Å². The molecule has 0 saturated heterocycles. The van der Waals surface area contributed by atoms with E-state index in [0.717, 1.165) is 34.8 Å². The number of rotatable bonds is 5. The number of nitrogens with two attached hydrogens (primary N) is 1. The van der Waals surface area contributed by atoms with Crippen molar-refractivity contribution in [3.63, 3.8) is 0 Å². The predicted molar refractivity (Wildman–Crippen MR) is 101 cm³/mol. The summed E-state index contributed by atoms with van der Waals surface area (Å²) in [5.41, 5.74) is 10.5. The Hall–Kier alpha value is -2.23. The smallest absolute Gasteiger partial charge is 0.251 e. The fourth-order valence-electron chi connectivity index (χ4n) is 4.20. The summed E-state index contributed by atoms with van der Waals surface area (Å²) < 4.78 is 7.55. The molecule has 1 amide bonds. The highest BCUT2D eigenvalue weighted by atomic mass is 16.5. The fourth-order valence-corrected chi connectivity index (χ4v) is 4.20. The largest absolute Gasteiger partial charge is 0.497 e. The first-order valence-electron chi connectivity index (χ1n) is 9.16. The van der Waals surface area contributed by atoms with Crippen molar-refractivity contribution in [3.05, 3.63) is 41.2 Å². The van der Waals surface area contributed by atoms with E-state index in [-0.39, 0.29) is 5.91 Å². The molecule has 0 spiro atoms. The Labute approximate surface area is 150 Å². The van der Waals surface area contributed by atoms with Crippen LogP contribution in [0.15, 0.2) is 24.3 Å². The number of hydrogen-bond donors (Lipinski definition) is 1. The molecule has 0 bridgehead atoms. The van der Waals surface area contributed by atoms with Gasteiger partial charge in [0.25, 0.3) is 5.91 Å². The summed E-state index contributed by atoms with van der Waals surface area (Å²) in [4.78, 5) is 12.2. The number of carbonyl (C=O) groups excluding carboxylic acids is 1. The number of hydrogen-bond acceptors (Lipinski definition) is 2. The van der Waals surface area contributed by atoms with E-state index in [1.54, 1.807) is 7.11 Å². The van der Waals surface area contributed by atoms with Gasteiger partial charge in [-0.25, -0.2) is 0 Å². The quantitative estimate of drug-likeness (QED) is 0.873. The normalized spacial score (nSPS) is 15.3. The minimum atomic E-state index is -0.353. The predicted octanol–water partition coefficient (Wildman–Crippen LogP) is 4.46. The van der Waals surface area contributed by atoms with E-state index in [0.29, 0.717) is 11.5 Å². The van der Waals surface area contributed by atoms with Gasteiger partial charge in [0.05, 0.1) is 12.7 Å². The summed E-state index contributed by atoms with van der Waals surface area (Å²) in [6, 6.07) is 7.84. The molecule has 1 aliphatic rings. The molecule has 0 unspecified atom stereocenters. The second-order valence-electron chi connectivity index (χ2n) is 7.13. The van der Waals surface area contributed by atoms with Gasteiger partial charge in [-0.3, -0.25) is 4.79 Å². The molecule has 25 heavy (non-hydrogen) atoms. The average Bonchev–Trinajstić information content (AvgIpc) is 2.87. The van der Waals surface area contributed by atoms with Gasteiger partial charge in [-0.2, -0.15) is 0 Å². The number of ether oxygens (including phenoxy) is 1. The number of benzene rings is 1. The zero-order chi connectivity index (χ0) is 18.0. The van der Waals surface area contributed by atoms with Crippen molar-refractivity contribution in [2.24, 2.45) is 11.7 Å². The maximum Gasteiger partial charge on any atom is 0.251 e. The molecular weight excluding hydrogens is 312 g/mol. The van der Waals surface area contributed by atoms with Crippen molar-refractivity contribution in [3.8, 4) is 16.9 Å². The minimum absolute atomic E-state index is 0.353. The molecule has 1 fully saturated rings. The van der Waals surface area contributed by atoms with Crippen LogP contribution in [0.5, 0.6) is 5.75 Å². The van der Waals surface area contributed by atoms with E-state index in [1.165, 1.54) is 32.1 Å². The van der Waals surface area contributed by atoms with Crippen LogP contribution in [0.4, 0.5) is 0 Å². The maximum absolute atomic E-state index is 12.2. The lowest BCUT2D eigenvalue weighted by atomic mass is 9.89. The third-order valence-electron chi connectivity index (χ3n) is 5.57. The number of methoxy groups -OCH3 is 1. The van der Waals surface area contributed by atoms with E-state index in [9.17, 15) is 4.79 Å².